The molecule has 0 saturated heterocycles. The van der Waals surface area contributed by atoms with Gasteiger partial charge in [-0.15, -0.1) is 0 Å². The van der Waals surface area contributed by atoms with E-state index in [1.54, 1.807) is 12.1 Å². The first-order valence-electron chi connectivity index (χ1n) is 5.96. The number of benzene rings is 2. The molecule has 2 aromatic carbocycles. The standard InChI is InChI=1S/C15H15FIN/c1-2-15(11-5-3-6-12(16)9-11)18-14-8-4-7-13(17)10-14/h3-10,15,18H,2H2,1H3. The molecule has 0 amide bonds. The maximum atomic E-state index is 13.2. The lowest BCUT2D eigenvalue weighted by Gasteiger charge is -2.19. The quantitative estimate of drug-likeness (QED) is 0.762. The summed E-state index contributed by atoms with van der Waals surface area (Å²) in [6.45, 7) is 2.09. The zero-order valence-electron chi connectivity index (χ0n) is 10.2. The van der Waals surface area contributed by atoms with Crippen LogP contribution in [0.25, 0.3) is 0 Å². The highest BCUT2D eigenvalue weighted by Crippen LogP contribution is 2.23. The molecule has 0 aliphatic carbocycles. The van der Waals surface area contributed by atoms with E-state index in [2.05, 4.69) is 47.0 Å². The normalized spacial score (nSPS) is 12.2. The Labute approximate surface area is 121 Å². The Balaban J connectivity index is 2.19. The monoisotopic (exact) mass is 355 g/mol. The fourth-order valence-corrected chi connectivity index (χ4v) is 2.47. The Morgan fingerprint density at radius 1 is 1.17 bits per heavy atom. The molecule has 1 N–H and O–H groups in total. The molecule has 0 aliphatic rings. The second-order valence-corrected chi connectivity index (χ2v) is 5.42. The van der Waals surface area contributed by atoms with Crippen molar-refractivity contribution in [2.75, 3.05) is 5.32 Å². The van der Waals surface area contributed by atoms with E-state index in [1.165, 1.54) is 9.64 Å². The van der Waals surface area contributed by atoms with Crippen LogP contribution < -0.4 is 5.32 Å². The second-order valence-electron chi connectivity index (χ2n) is 4.17. The van der Waals surface area contributed by atoms with Crippen LogP contribution in [-0.2, 0) is 0 Å². The predicted octanol–water partition coefficient (Wildman–Crippen LogP) is 4.99. The third kappa shape index (κ3) is 3.45. The van der Waals surface area contributed by atoms with Gasteiger partial charge in [-0.2, -0.15) is 0 Å². The molecule has 2 rings (SSSR count). The summed E-state index contributed by atoms with van der Waals surface area (Å²) in [5.74, 6) is -0.185. The molecule has 0 bridgehead atoms. The molecule has 0 fully saturated rings. The van der Waals surface area contributed by atoms with E-state index in [-0.39, 0.29) is 11.9 Å². The minimum Gasteiger partial charge on any atom is -0.378 e. The Hall–Kier alpha value is -1.10. The second kappa shape index (κ2) is 6.18. The van der Waals surface area contributed by atoms with Gasteiger partial charge in [-0.05, 0) is 64.9 Å². The van der Waals surface area contributed by atoms with E-state index in [4.69, 9.17) is 0 Å². The molecule has 0 aromatic heterocycles. The summed E-state index contributed by atoms with van der Waals surface area (Å²) < 4.78 is 14.4. The van der Waals surface area contributed by atoms with Gasteiger partial charge in [-0.1, -0.05) is 25.1 Å². The predicted molar refractivity (Wildman–Crippen MR) is 82.2 cm³/mol. The number of nitrogens with one attached hydrogen (secondary N) is 1. The highest BCUT2D eigenvalue weighted by atomic mass is 127. The van der Waals surface area contributed by atoms with Gasteiger partial charge in [0, 0.05) is 9.26 Å². The van der Waals surface area contributed by atoms with Gasteiger partial charge in [-0.3, -0.25) is 0 Å². The first-order valence-corrected chi connectivity index (χ1v) is 7.04. The minimum absolute atomic E-state index is 0.138. The van der Waals surface area contributed by atoms with Crippen molar-refractivity contribution in [3.63, 3.8) is 0 Å². The Morgan fingerprint density at radius 2 is 1.94 bits per heavy atom. The van der Waals surface area contributed by atoms with Gasteiger partial charge in [0.25, 0.3) is 0 Å². The smallest absolute Gasteiger partial charge is 0.123 e. The van der Waals surface area contributed by atoms with Crippen molar-refractivity contribution in [3.8, 4) is 0 Å². The molecular weight excluding hydrogens is 340 g/mol. The first kappa shape index (κ1) is 13.3. The van der Waals surface area contributed by atoms with Crippen molar-refractivity contribution in [1.82, 2.24) is 0 Å². The minimum atomic E-state index is -0.185. The summed E-state index contributed by atoms with van der Waals surface area (Å²) in [6.07, 6.45) is 0.912. The molecule has 0 radical (unpaired) electrons. The van der Waals surface area contributed by atoms with Crippen LogP contribution in [0.3, 0.4) is 0 Å². The van der Waals surface area contributed by atoms with Gasteiger partial charge in [0.05, 0.1) is 6.04 Å². The molecule has 3 heteroatoms. The van der Waals surface area contributed by atoms with Crippen molar-refractivity contribution in [3.05, 3.63) is 63.5 Å². The van der Waals surface area contributed by atoms with Crippen LogP contribution in [0.2, 0.25) is 0 Å². The molecule has 94 valence electrons. The topological polar surface area (TPSA) is 12.0 Å². The SMILES string of the molecule is CCC(Nc1cccc(I)c1)c1cccc(F)c1. The van der Waals surface area contributed by atoms with Crippen molar-refractivity contribution in [1.29, 1.82) is 0 Å². The summed E-state index contributed by atoms with van der Waals surface area (Å²) >= 11 is 2.28. The fourth-order valence-electron chi connectivity index (χ4n) is 1.92. The summed E-state index contributed by atoms with van der Waals surface area (Å²) in [5, 5.41) is 3.44. The van der Waals surface area contributed by atoms with Gasteiger partial charge < -0.3 is 5.32 Å². The molecular formula is C15H15FIN. The lowest BCUT2D eigenvalue weighted by Crippen LogP contribution is -2.09. The number of hydrogen-bond acceptors (Lipinski definition) is 1. The van der Waals surface area contributed by atoms with Gasteiger partial charge in [0.15, 0.2) is 0 Å². The van der Waals surface area contributed by atoms with E-state index in [0.717, 1.165) is 17.7 Å². The molecule has 18 heavy (non-hydrogen) atoms. The average molecular weight is 355 g/mol. The van der Waals surface area contributed by atoms with Crippen molar-refractivity contribution >= 4 is 28.3 Å². The number of hydrogen-bond donors (Lipinski definition) is 1. The number of anilines is 1. The third-order valence-electron chi connectivity index (χ3n) is 2.82. The summed E-state index contributed by atoms with van der Waals surface area (Å²) in [7, 11) is 0. The molecule has 2 aromatic rings. The molecule has 0 spiro atoms. The lowest BCUT2D eigenvalue weighted by atomic mass is 10.0. The zero-order chi connectivity index (χ0) is 13.0. The number of rotatable bonds is 4. The van der Waals surface area contributed by atoms with E-state index in [1.807, 2.05) is 18.2 Å². The van der Waals surface area contributed by atoms with Crippen LogP contribution in [0.5, 0.6) is 0 Å². The summed E-state index contributed by atoms with van der Waals surface area (Å²) in [5.41, 5.74) is 2.05. The molecule has 0 aliphatic heterocycles. The van der Waals surface area contributed by atoms with Gasteiger partial charge >= 0.3 is 0 Å². The largest absolute Gasteiger partial charge is 0.378 e. The number of halogens is 2. The van der Waals surface area contributed by atoms with Crippen LogP contribution in [0.1, 0.15) is 24.9 Å². The lowest BCUT2D eigenvalue weighted by molar-refractivity contribution is 0.621. The highest BCUT2D eigenvalue weighted by Gasteiger charge is 2.09. The van der Waals surface area contributed by atoms with E-state index >= 15 is 0 Å². The first-order chi connectivity index (χ1) is 8.69. The third-order valence-corrected chi connectivity index (χ3v) is 3.50. The Morgan fingerprint density at radius 3 is 2.61 bits per heavy atom. The van der Waals surface area contributed by atoms with Crippen LogP contribution in [0, 0.1) is 9.39 Å². The Kier molecular flexibility index (Phi) is 4.58. The zero-order valence-corrected chi connectivity index (χ0v) is 12.3. The van der Waals surface area contributed by atoms with Crippen LogP contribution in [0.4, 0.5) is 10.1 Å². The maximum absolute atomic E-state index is 13.2. The van der Waals surface area contributed by atoms with Crippen molar-refractivity contribution in [2.45, 2.75) is 19.4 Å². The van der Waals surface area contributed by atoms with E-state index in [0.29, 0.717) is 0 Å². The van der Waals surface area contributed by atoms with Crippen LogP contribution >= 0.6 is 22.6 Å². The van der Waals surface area contributed by atoms with E-state index < -0.39 is 0 Å². The molecule has 1 nitrogen and oxygen atoms in total. The van der Waals surface area contributed by atoms with Crippen molar-refractivity contribution in [2.24, 2.45) is 0 Å². The van der Waals surface area contributed by atoms with E-state index in [9.17, 15) is 4.39 Å². The Bertz CT molecular complexity index is 527. The van der Waals surface area contributed by atoms with Crippen molar-refractivity contribution < 1.29 is 4.39 Å². The maximum Gasteiger partial charge on any atom is 0.123 e. The van der Waals surface area contributed by atoms with Gasteiger partial charge in [-0.25, -0.2) is 4.39 Å². The molecule has 1 unspecified atom stereocenters. The average Bonchev–Trinajstić information content (AvgIpc) is 2.36. The molecule has 0 heterocycles. The van der Waals surface area contributed by atoms with Crippen LogP contribution in [-0.4, -0.2) is 0 Å². The molecule has 0 saturated carbocycles. The van der Waals surface area contributed by atoms with Gasteiger partial charge in [0.1, 0.15) is 5.82 Å². The summed E-state index contributed by atoms with van der Waals surface area (Å²) in [4.78, 5) is 0. The fraction of sp³-hybridized carbons (Fsp3) is 0.200. The highest BCUT2D eigenvalue weighted by molar-refractivity contribution is 14.1. The molecule has 1 atom stereocenters. The van der Waals surface area contributed by atoms with Gasteiger partial charge in [0.2, 0.25) is 0 Å². The van der Waals surface area contributed by atoms with Crippen LogP contribution in [0.15, 0.2) is 48.5 Å². The summed E-state index contributed by atoms with van der Waals surface area (Å²) in [6, 6.07) is 15.1.